The van der Waals surface area contributed by atoms with Crippen molar-refractivity contribution < 1.29 is 45.5 Å². The van der Waals surface area contributed by atoms with Crippen molar-refractivity contribution in [2.45, 2.75) is 114 Å². The van der Waals surface area contributed by atoms with Gasteiger partial charge in [0.15, 0.2) is 5.78 Å². The molecule has 0 spiro atoms. The van der Waals surface area contributed by atoms with Crippen LogP contribution in [0, 0.1) is 11.8 Å². The van der Waals surface area contributed by atoms with Gasteiger partial charge in [0, 0.05) is 59.8 Å². The Kier molecular flexibility index (Phi) is 12.9. The number of halogens is 7. The van der Waals surface area contributed by atoms with E-state index in [0.29, 0.717) is 77.5 Å². The molecule has 2 aliphatic heterocycles. The highest BCUT2D eigenvalue weighted by Gasteiger charge is 2.56. The zero-order valence-electron chi connectivity index (χ0n) is 32.8. The number of nitrogens with zero attached hydrogens (tertiary/aromatic N) is 7. The smallest absolute Gasteiger partial charge is 0.433 e. The quantitative estimate of drug-likeness (QED) is 0.156. The summed E-state index contributed by atoms with van der Waals surface area (Å²) >= 11 is 0. The number of carbonyl (C=O) groups is 3. The first-order valence-electron chi connectivity index (χ1n) is 19.3. The van der Waals surface area contributed by atoms with Crippen LogP contribution in [-0.4, -0.2) is 82.2 Å². The van der Waals surface area contributed by atoms with Crippen LogP contribution >= 0.6 is 12.4 Å². The Morgan fingerprint density at radius 1 is 0.700 bits per heavy atom. The molecule has 2 saturated carbocycles. The van der Waals surface area contributed by atoms with Crippen molar-refractivity contribution in [2.24, 2.45) is 11.8 Å². The number of carbonyl (C=O) groups excluding carboxylic acids is 3. The summed E-state index contributed by atoms with van der Waals surface area (Å²) in [7, 11) is 0. The summed E-state index contributed by atoms with van der Waals surface area (Å²) in [6.07, 6.45) is 0.540. The third kappa shape index (κ3) is 11.0. The van der Waals surface area contributed by atoms with Gasteiger partial charge in [-0.15, -0.1) is 12.4 Å². The van der Waals surface area contributed by atoms with Crippen molar-refractivity contribution >= 4 is 30.1 Å². The summed E-state index contributed by atoms with van der Waals surface area (Å²) < 4.78 is 81.4. The number of Topliss-reactive ketones (excluding diaryl/α,β-unsaturated/α-hetero) is 2. The second-order valence-electron chi connectivity index (χ2n) is 16.3. The molecule has 1 N–H and O–H groups in total. The van der Waals surface area contributed by atoms with Crippen LogP contribution in [0.1, 0.15) is 82.1 Å². The molecule has 2 saturated heterocycles. The highest BCUT2D eigenvalue weighted by Crippen LogP contribution is 2.49. The lowest BCUT2D eigenvalue weighted by atomic mass is 10.0. The molecule has 4 fully saturated rings. The molecular formula is C41H43ClF6N8O4. The van der Waals surface area contributed by atoms with Crippen LogP contribution in [0.25, 0.3) is 22.5 Å². The zero-order chi connectivity index (χ0) is 42.3. The number of aryl methyl sites for hydroxylation is 2. The van der Waals surface area contributed by atoms with Gasteiger partial charge in [0.25, 0.3) is 0 Å². The van der Waals surface area contributed by atoms with Gasteiger partial charge < -0.3 is 10.1 Å². The molecule has 4 aromatic rings. The van der Waals surface area contributed by atoms with Crippen LogP contribution in [0.15, 0.2) is 61.4 Å². The Hall–Kier alpha value is -5.10. The maximum absolute atomic E-state index is 12.9. The summed E-state index contributed by atoms with van der Waals surface area (Å²) in [4.78, 5) is 62.8. The third-order valence-corrected chi connectivity index (χ3v) is 10.7. The molecule has 8 rings (SSSR count). The van der Waals surface area contributed by atoms with E-state index in [1.54, 1.807) is 37.8 Å². The molecule has 4 aromatic heterocycles. The van der Waals surface area contributed by atoms with Gasteiger partial charge >= 0.3 is 18.4 Å². The van der Waals surface area contributed by atoms with E-state index in [2.05, 4.69) is 35.2 Å². The highest BCUT2D eigenvalue weighted by atomic mass is 35.5. The number of hydrogen-bond acceptors (Lipinski definition) is 11. The summed E-state index contributed by atoms with van der Waals surface area (Å²) in [6.45, 7) is 5.38. The lowest BCUT2D eigenvalue weighted by Gasteiger charge is -2.29. The number of piperidine rings is 2. The average molecular weight is 861 g/mol. The van der Waals surface area contributed by atoms with Crippen LogP contribution in [-0.2, 0) is 39.5 Å². The Balaban J connectivity index is 0.000000203. The van der Waals surface area contributed by atoms with Gasteiger partial charge in [-0.2, -0.15) is 26.3 Å². The second-order valence-corrected chi connectivity index (χ2v) is 16.3. The lowest BCUT2D eigenvalue weighted by molar-refractivity contribution is -0.141. The molecule has 60 heavy (non-hydrogen) atoms. The fraction of sp³-hybridized carbons (Fsp3) is 0.488. The Bertz CT molecular complexity index is 2180. The van der Waals surface area contributed by atoms with Crippen molar-refractivity contribution in [3.8, 4) is 22.5 Å². The van der Waals surface area contributed by atoms with Crippen LogP contribution in [0.4, 0.5) is 31.1 Å². The van der Waals surface area contributed by atoms with E-state index in [1.807, 2.05) is 0 Å². The van der Waals surface area contributed by atoms with Crippen LogP contribution in [0.2, 0.25) is 0 Å². The fourth-order valence-electron chi connectivity index (χ4n) is 7.54. The Morgan fingerprint density at radius 2 is 1.23 bits per heavy atom. The minimum absolute atomic E-state index is 0. The molecule has 19 heteroatoms. The number of likely N-dealkylation sites (tertiary alicyclic amines) is 1. The Labute approximate surface area is 347 Å². The summed E-state index contributed by atoms with van der Waals surface area (Å²) in [5.74, 6) is 1.16. The highest BCUT2D eigenvalue weighted by molar-refractivity contribution is 5.89. The normalized spacial score (nSPS) is 22.7. The maximum atomic E-state index is 12.9. The van der Waals surface area contributed by atoms with Gasteiger partial charge in [-0.25, -0.2) is 24.7 Å². The van der Waals surface area contributed by atoms with E-state index in [4.69, 9.17) is 4.74 Å². The van der Waals surface area contributed by atoms with Gasteiger partial charge in [-0.05, 0) is 108 Å². The van der Waals surface area contributed by atoms with Crippen molar-refractivity contribution in [3.05, 3.63) is 84.2 Å². The molecule has 0 unspecified atom stereocenters. The molecule has 0 radical (unpaired) electrons. The third-order valence-electron chi connectivity index (χ3n) is 10.7. The van der Waals surface area contributed by atoms with Crippen molar-refractivity contribution in [1.29, 1.82) is 0 Å². The number of fused-ring (bicyclic) bond motifs is 2. The minimum Gasteiger partial charge on any atom is -0.444 e. The fourth-order valence-corrected chi connectivity index (χ4v) is 7.54. The van der Waals surface area contributed by atoms with Crippen molar-refractivity contribution in [3.63, 3.8) is 0 Å². The van der Waals surface area contributed by atoms with Crippen LogP contribution < -0.4 is 5.32 Å². The van der Waals surface area contributed by atoms with E-state index < -0.39 is 41.5 Å². The molecular weight excluding hydrogens is 818 g/mol. The standard InChI is InChI=1S/C23H25F3N4O3.C18H17F3N4O.ClH/c1-22(2,3)33-21(32)30-17-8-14(17)9-18(30)19(31)6-5-15-10-16(29-12-28-15)13-4-7-20(27-11-13)23(24,25)26;19-18(20,21)17-4-1-10(8-22-17)13-7-12(23-9-24-13)2-3-16(26)15-6-11-5-14(11)25-15;/h4,7,10-12,14,17-18H,5-6,8-9H2,1-3H3;1,4,7-9,11,14-15,25H,2-3,5-6H2;1H/t14-,17-,18+;11-,14-,15+;/m11./s1. The minimum atomic E-state index is -4.51. The van der Waals surface area contributed by atoms with E-state index in [1.165, 1.54) is 31.2 Å². The number of ether oxygens (including phenoxy) is 1. The van der Waals surface area contributed by atoms with Crippen molar-refractivity contribution in [2.75, 3.05) is 0 Å². The van der Waals surface area contributed by atoms with E-state index >= 15 is 0 Å². The number of amides is 1. The number of pyridine rings is 2. The van der Waals surface area contributed by atoms with E-state index in [9.17, 15) is 40.7 Å². The molecule has 12 nitrogen and oxygen atoms in total. The predicted octanol–water partition coefficient (Wildman–Crippen LogP) is 7.69. The zero-order valence-corrected chi connectivity index (χ0v) is 33.7. The number of aromatic nitrogens is 6. The largest absolute Gasteiger partial charge is 0.444 e. The molecule has 2 aliphatic carbocycles. The lowest BCUT2D eigenvalue weighted by Crippen LogP contribution is -2.45. The van der Waals surface area contributed by atoms with Gasteiger partial charge in [-0.3, -0.25) is 24.5 Å². The molecule has 4 aliphatic rings. The van der Waals surface area contributed by atoms with Gasteiger partial charge in [0.05, 0.1) is 23.5 Å². The molecule has 1 amide bonds. The van der Waals surface area contributed by atoms with Gasteiger partial charge in [-0.1, -0.05) is 0 Å². The number of alkyl halides is 6. The first kappa shape index (κ1) is 44.5. The van der Waals surface area contributed by atoms with E-state index in [0.717, 1.165) is 37.4 Å². The molecule has 0 aromatic carbocycles. The molecule has 320 valence electrons. The predicted molar refractivity (Wildman–Crippen MR) is 206 cm³/mol. The van der Waals surface area contributed by atoms with Crippen LogP contribution in [0.5, 0.6) is 0 Å². The molecule has 6 heterocycles. The summed E-state index contributed by atoms with van der Waals surface area (Å²) in [5.41, 5.74) is 0.526. The van der Waals surface area contributed by atoms with Gasteiger partial charge in [0.2, 0.25) is 0 Å². The summed E-state index contributed by atoms with van der Waals surface area (Å²) in [5, 5.41) is 3.34. The van der Waals surface area contributed by atoms with E-state index in [-0.39, 0.29) is 42.5 Å². The van der Waals surface area contributed by atoms with Crippen LogP contribution in [0.3, 0.4) is 0 Å². The average Bonchev–Trinajstić information content (AvgIpc) is 4.05. The first-order chi connectivity index (χ1) is 27.8. The number of hydrogen-bond donors (Lipinski definition) is 1. The second kappa shape index (κ2) is 17.5. The number of nitrogens with one attached hydrogen (secondary N) is 1. The summed E-state index contributed by atoms with van der Waals surface area (Å²) in [6, 6.07) is 7.86. The van der Waals surface area contributed by atoms with Gasteiger partial charge in [0.1, 0.15) is 35.4 Å². The topological polar surface area (TPSA) is 153 Å². The van der Waals surface area contributed by atoms with Crippen molar-refractivity contribution in [1.82, 2.24) is 40.1 Å². The number of rotatable bonds is 10. The SMILES string of the molecule is CC(C)(C)OC(=O)N1[C@@H]2C[C@@H]2C[C@H]1C(=O)CCc1cc(-c2ccc(C(F)(F)F)nc2)ncn1.Cl.O=C(CCc1cc(-c2ccc(C(F)(F)F)nc2)ncn1)[C@@H]1C[C@H]2C[C@H]2N1. The Morgan fingerprint density at radius 3 is 1.68 bits per heavy atom. The monoisotopic (exact) mass is 860 g/mol. The molecule has 6 atom stereocenters. The maximum Gasteiger partial charge on any atom is 0.433 e. The number of ketones is 2. The molecule has 0 bridgehead atoms. The first-order valence-corrected chi connectivity index (χ1v) is 19.3.